The Bertz CT molecular complexity index is 719. The van der Waals surface area contributed by atoms with Crippen molar-refractivity contribution in [3.05, 3.63) is 22.8 Å². The molecule has 5 nitrogen and oxygen atoms in total. The van der Waals surface area contributed by atoms with Gasteiger partial charge in [-0.2, -0.15) is 13.2 Å². The van der Waals surface area contributed by atoms with Crippen molar-refractivity contribution in [1.82, 2.24) is 14.6 Å². The third-order valence-electron chi connectivity index (χ3n) is 2.89. The van der Waals surface area contributed by atoms with E-state index >= 15 is 0 Å². The average Bonchev–Trinajstić information content (AvgIpc) is 2.97. The van der Waals surface area contributed by atoms with E-state index in [4.69, 9.17) is 16.3 Å². The molecule has 0 aromatic carbocycles. The number of carbonyl (C=O) groups is 1. The Kier molecular flexibility index (Phi) is 3.48. The van der Waals surface area contributed by atoms with Gasteiger partial charge in [0.05, 0.1) is 17.2 Å². The van der Waals surface area contributed by atoms with Gasteiger partial charge < -0.3 is 4.74 Å². The second-order valence-electron chi connectivity index (χ2n) is 4.31. The average molecular weight is 338 g/mol. The summed E-state index contributed by atoms with van der Waals surface area (Å²) in [5.41, 5.74) is -0.797. The number of nitrogens with zero attached hydrogens (tertiary/aromatic N) is 3. The molecule has 0 N–H and O–H groups in total. The van der Waals surface area contributed by atoms with Crippen molar-refractivity contribution < 1.29 is 22.7 Å². The maximum absolute atomic E-state index is 12.8. The summed E-state index contributed by atoms with van der Waals surface area (Å²) < 4.78 is 44.4. The van der Waals surface area contributed by atoms with Crippen molar-refractivity contribution >= 4 is 35.0 Å². The minimum absolute atomic E-state index is 0.110. The van der Waals surface area contributed by atoms with Crippen LogP contribution in [0.25, 0.3) is 5.65 Å². The molecule has 0 aliphatic carbocycles. The molecule has 1 atom stereocenters. The highest BCUT2D eigenvalue weighted by Crippen LogP contribution is 2.34. The molecule has 1 aliphatic heterocycles. The van der Waals surface area contributed by atoms with Gasteiger partial charge >= 0.3 is 12.1 Å². The van der Waals surface area contributed by atoms with Gasteiger partial charge in [-0.1, -0.05) is 23.4 Å². The van der Waals surface area contributed by atoms with Crippen LogP contribution < -0.4 is 0 Å². The largest absolute Gasteiger partial charge is 0.465 e. The highest BCUT2D eigenvalue weighted by molar-refractivity contribution is 8.00. The second-order valence-corrected chi connectivity index (χ2v) is 5.89. The van der Waals surface area contributed by atoms with E-state index in [2.05, 4.69) is 10.2 Å². The van der Waals surface area contributed by atoms with E-state index in [1.54, 1.807) is 0 Å². The van der Waals surface area contributed by atoms with Crippen LogP contribution in [0.1, 0.15) is 12.0 Å². The number of fused-ring (bicyclic) bond motifs is 1. The Morgan fingerprint density at radius 1 is 1.43 bits per heavy atom. The first-order valence-corrected chi connectivity index (χ1v) is 7.07. The normalized spacial score (nSPS) is 19.2. The molecule has 0 amide bonds. The van der Waals surface area contributed by atoms with E-state index in [1.807, 2.05) is 0 Å². The molecule has 3 rings (SSSR count). The molecular weight excluding hydrogens is 331 g/mol. The van der Waals surface area contributed by atoms with Crippen LogP contribution >= 0.6 is 23.4 Å². The molecular formula is C11H7ClF3N3O2S. The Labute approximate surface area is 125 Å². The Morgan fingerprint density at radius 3 is 2.81 bits per heavy atom. The smallest absolute Gasteiger partial charge is 0.417 e. The molecule has 0 unspecified atom stereocenters. The number of aromatic nitrogens is 3. The molecule has 1 saturated heterocycles. The van der Waals surface area contributed by atoms with Gasteiger partial charge in [0.1, 0.15) is 5.25 Å². The predicted molar refractivity (Wildman–Crippen MR) is 68.2 cm³/mol. The van der Waals surface area contributed by atoms with Crippen LogP contribution in [0.3, 0.4) is 0 Å². The van der Waals surface area contributed by atoms with Gasteiger partial charge in [-0.05, 0) is 6.07 Å². The fraction of sp³-hybridized carbons (Fsp3) is 0.364. The molecule has 3 heterocycles. The summed E-state index contributed by atoms with van der Waals surface area (Å²) in [6.07, 6.45) is -3.19. The van der Waals surface area contributed by atoms with Crippen molar-refractivity contribution in [3.8, 4) is 0 Å². The van der Waals surface area contributed by atoms with Crippen molar-refractivity contribution in [2.24, 2.45) is 0 Å². The molecule has 0 spiro atoms. The number of esters is 1. The molecule has 10 heteroatoms. The first-order valence-electron chi connectivity index (χ1n) is 5.81. The van der Waals surface area contributed by atoms with Gasteiger partial charge in [0.25, 0.3) is 0 Å². The molecule has 21 heavy (non-hydrogen) atoms. The van der Waals surface area contributed by atoms with Crippen LogP contribution in [-0.2, 0) is 15.7 Å². The highest BCUT2D eigenvalue weighted by atomic mass is 35.5. The number of ether oxygens (including phenoxy) is 1. The third kappa shape index (κ3) is 2.67. The van der Waals surface area contributed by atoms with Crippen molar-refractivity contribution in [2.75, 3.05) is 6.61 Å². The topological polar surface area (TPSA) is 56.5 Å². The van der Waals surface area contributed by atoms with Crippen molar-refractivity contribution in [1.29, 1.82) is 0 Å². The van der Waals surface area contributed by atoms with Crippen LogP contribution in [0.15, 0.2) is 17.4 Å². The maximum Gasteiger partial charge on any atom is 0.417 e. The zero-order valence-electron chi connectivity index (χ0n) is 10.2. The predicted octanol–water partition coefficient (Wildman–Crippen LogP) is 2.81. The lowest BCUT2D eigenvalue weighted by atomic mass is 10.3. The summed E-state index contributed by atoms with van der Waals surface area (Å²) >= 11 is 6.81. The zero-order valence-corrected chi connectivity index (χ0v) is 11.8. The second kappa shape index (κ2) is 5.06. The number of hydrogen-bond donors (Lipinski definition) is 0. The van der Waals surface area contributed by atoms with E-state index in [9.17, 15) is 18.0 Å². The summed E-state index contributed by atoms with van der Waals surface area (Å²) in [5, 5.41) is 7.06. The minimum atomic E-state index is -4.53. The monoisotopic (exact) mass is 337 g/mol. The van der Waals surface area contributed by atoms with Gasteiger partial charge in [-0.15, -0.1) is 10.2 Å². The van der Waals surface area contributed by atoms with Gasteiger partial charge in [0.15, 0.2) is 10.8 Å². The summed E-state index contributed by atoms with van der Waals surface area (Å²) in [4.78, 5) is 11.4. The van der Waals surface area contributed by atoms with Crippen LogP contribution in [0.4, 0.5) is 13.2 Å². The number of thioether (sulfide) groups is 1. The van der Waals surface area contributed by atoms with Crippen molar-refractivity contribution in [2.45, 2.75) is 23.0 Å². The Hall–Kier alpha value is -1.48. The van der Waals surface area contributed by atoms with Gasteiger partial charge in [0.2, 0.25) is 0 Å². The highest BCUT2D eigenvalue weighted by Gasteiger charge is 2.33. The van der Waals surface area contributed by atoms with Gasteiger partial charge in [-0.25, -0.2) is 0 Å². The number of rotatable bonds is 2. The van der Waals surface area contributed by atoms with Gasteiger partial charge in [-0.3, -0.25) is 9.20 Å². The van der Waals surface area contributed by atoms with Crippen molar-refractivity contribution in [3.63, 3.8) is 0 Å². The van der Waals surface area contributed by atoms with Crippen LogP contribution in [0.2, 0.25) is 5.02 Å². The Balaban J connectivity index is 2.03. The maximum atomic E-state index is 12.8. The quantitative estimate of drug-likeness (QED) is 0.789. The minimum Gasteiger partial charge on any atom is -0.465 e. The third-order valence-corrected chi connectivity index (χ3v) is 4.37. The summed E-state index contributed by atoms with van der Waals surface area (Å²) in [7, 11) is 0. The number of alkyl halides is 3. The summed E-state index contributed by atoms with van der Waals surface area (Å²) in [5.74, 6) is -0.408. The van der Waals surface area contributed by atoms with Crippen LogP contribution in [0.5, 0.6) is 0 Å². The SMILES string of the molecule is O=C1OCC[C@H]1Sc1nnc2c(Cl)cc(C(F)(F)F)cn12. The molecule has 0 saturated carbocycles. The Morgan fingerprint density at radius 2 is 2.19 bits per heavy atom. The molecule has 0 bridgehead atoms. The standard InChI is InChI=1S/C11H7ClF3N3O2S/c12-6-3-5(11(13,14)15)4-18-8(6)16-17-10(18)21-7-1-2-20-9(7)19/h3-4,7H,1-2H2/t7-/m1/s1. The number of pyridine rings is 1. The zero-order chi connectivity index (χ0) is 15.2. The fourth-order valence-corrected chi connectivity index (χ4v) is 3.10. The lowest BCUT2D eigenvalue weighted by molar-refractivity contribution is -0.138. The molecule has 2 aromatic rings. The van der Waals surface area contributed by atoms with E-state index in [0.29, 0.717) is 13.0 Å². The van der Waals surface area contributed by atoms with E-state index in [0.717, 1.165) is 28.4 Å². The molecule has 2 aromatic heterocycles. The number of cyclic esters (lactones) is 1. The lowest BCUT2D eigenvalue weighted by Crippen LogP contribution is -2.11. The first-order chi connectivity index (χ1) is 9.86. The number of hydrogen-bond acceptors (Lipinski definition) is 5. The molecule has 1 aliphatic rings. The van der Waals surface area contributed by atoms with E-state index < -0.39 is 23.0 Å². The summed E-state index contributed by atoms with van der Waals surface area (Å²) in [6, 6.07) is 0.795. The van der Waals surface area contributed by atoms with Gasteiger partial charge in [0, 0.05) is 12.6 Å². The first kappa shape index (κ1) is 14.5. The molecule has 1 fully saturated rings. The number of halogens is 4. The molecule has 112 valence electrons. The van der Waals surface area contributed by atoms with E-state index in [1.165, 1.54) is 0 Å². The fourth-order valence-electron chi connectivity index (χ4n) is 1.88. The molecule has 0 radical (unpaired) electrons. The van der Waals surface area contributed by atoms with Crippen LogP contribution in [-0.4, -0.2) is 32.4 Å². The van der Waals surface area contributed by atoms with E-state index in [-0.39, 0.29) is 15.8 Å². The summed E-state index contributed by atoms with van der Waals surface area (Å²) in [6.45, 7) is 0.293. The number of carbonyl (C=O) groups excluding carboxylic acids is 1. The lowest BCUT2D eigenvalue weighted by Gasteiger charge is -2.09. The van der Waals surface area contributed by atoms with Crippen LogP contribution in [0, 0.1) is 0 Å².